The number of methoxy groups -OCH3 is 1. The van der Waals surface area contributed by atoms with E-state index in [0.717, 1.165) is 24.3 Å². The normalized spacial score (nSPS) is 19.0. The highest BCUT2D eigenvalue weighted by Crippen LogP contribution is 2.43. The Labute approximate surface area is 130 Å². The summed E-state index contributed by atoms with van der Waals surface area (Å²) < 4.78 is 16.2. The first-order valence-corrected chi connectivity index (χ1v) is 7.89. The molecule has 5 nitrogen and oxygen atoms in total. The number of hydrogen-bond donors (Lipinski definition) is 1. The number of benzene rings is 1. The molecule has 5 heteroatoms. The lowest BCUT2D eigenvalue weighted by molar-refractivity contribution is -0.125. The molecule has 0 spiro atoms. The van der Waals surface area contributed by atoms with Crippen LogP contribution in [0.15, 0.2) is 18.2 Å². The molecule has 1 aliphatic heterocycles. The fraction of sp³-hybridized carbons (Fsp3) is 0.588. The Bertz CT molecular complexity index is 537. The van der Waals surface area contributed by atoms with Crippen molar-refractivity contribution < 1.29 is 19.0 Å². The molecule has 0 radical (unpaired) electrons. The van der Waals surface area contributed by atoms with Crippen molar-refractivity contribution in [3.05, 3.63) is 23.8 Å². The van der Waals surface area contributed by atoms with E-state index in [2.05, 4.69) is 17.4 Å². The van der Waals surface area contributed by atoms with Gasteiger partial charge in [-0.15, -0.1) is 0 Å². The van der Waals surface area contributed by atoms with Gasteiger partial charge in [0.05, 0.1) is 0 Å². The third-order valence-corrected chi connectivity index (χ3v) is 4.61. The van der Waals surface area contributed by atoms with Crippen LogP contribution in [0.4, 0.5) is 0 Å². The molecule has 3 rings (SSSR count). The van der Waals surface area contributed by atoms with E-state index in [4.69, 9.17) is 14.2 Å². The molecular weight excluding hydrogens is 282 g/mol. The van der Waals surface area contributed by atoms with E-state index in [1.807, 2.05) is 6.07 Å². The number of ether oxygens (including phenoxy) is 3. The summed E-state index contributed by atoms with van der Waals surface area (Å²) in [6, 6.07) is 6.18. The van der Waals surface area contributed by atoms with Gasteiger partial charge in [0.1, 0.15) is 19.8 Å². The fourth-order valence-corrected chi connectivity index (χ4v) is 3.44. The van der Waals surface area contributed by atoms with Crippen molar-refractivity contribution in [2.24, 2.45) is 0 Å². The second kappa shape index (κ2) is 6.57. The van der Waals surface area contributed by atoms with Crippen LogP contribution < -0.4 is 14.8 Å². The van der Waals surface area contributed by atoms with Crippen molar-refractivity contribution in [3.63, 3.8) is 0 Å². The van der Waals surface area contributed by atoms with Gasteiger partial charge in [-0.2, -0.15) is 0 Å². The zero-order valence-electron chi connectivity index (χ0n) is 13.0. The number of fused-ring (bicyclic) bond motifs is 1. The van der Waals surface area contributed by atoms with Crippen LogP contribution in [0.1, 0.15) is 31.2 Å². The summed E-state index contributed by atoms with van der Waals surface area (Å²) in [6.45, 7) is 1.95. The third-order valence-electron chi connectivity index (χ3n) is 4.61. The van der Waals surface area contributed by atoms with Crippen molar-refractivity contribution in [3.8, 4) is 11.5 Å². The second-order valence-corrected chi connectivity index (χ2v) is 6.06. The topological polar surface area (TPSA) is 56.8 Å². The summed E-state index contributed by atoms with van der Waals surface area (Å²) in [5, 5.41) is 3.01. The Morgan fingerprint density at radius 2 is 1.95 bits per heavy atom. The van der Waals surface area contributed by atoms with Crippen molar-refractivity contribution >= 4 is 5.91 Å². The molecule has 1 saturated carbocycles. The van der Waals surface area contributed by atoms with Crippen LogP contribution in [0.2, 0.25) is 0 Å². The minimum Gasteiger partial charge on any atom is -0.486 e. The minimum atomic E-state index is -0.0636. The predicted octanol–water partition coefficient (Wildman–Crippen LogP) is 2.03. The fourth-order valence-electron chi connectivity index (χ4n) is 3.44. The van der Waals surface area contributed by atoms with Gasteiger partial charge in [0.15, 0.2) is 11.5 Å². The summed E-state index contributed by atoms with van der Waals surface area (Å²) in [6.07, 6.45) is 4.54. The highest BCUT2D eigenvalue weighted by atomic mass is 16.6. The van der Waals surface area contributed by atoms with Gasteiger partial charge in [0, 0.05) is 19.1 Å². The molecule has 0 aromatic heterocycles. The van der Waals surface area contributed by atoms with Crippen LogP contribution in [-0.4, -0.2) is 39.4 Å². The van der Waals surface area contributed by atoms with Crippen LogP contribution >= 0.6 is 0 Å². The smallest absolute Gasteiger partial charge is 0.246 e. The van der Waals surface area contributed by atoms with Crippen molar-refractivity contribution in [1.82, 2.24) is 5.32 Å². The monoisotopic (exact) mass is 305 g/mol. The van der Waals surface area contributed by atoms with Crippen molar-refractivity contribution in [2.45, 2.75) is 31.1 Å². The molecule has 0 unspecified atom stereocenters. The van der Waals surface area contributed by atoms with Crippen molar-refractivity contribution in [2.75, 3.05) is 33.5 Å². The van der Waals surface area contributed by atoms with E-state index in [-0.39, 0.29) is 17.9 Å². The average molecular weight is 305 g/mol. The van der Waals surface area contributed by atoms with Gasteiger partial charge in [-0.1, -0.05) is 18.9 Å². The van der Waals surface area contributed by atoms with Gasteiger partial charge in [0.2, 0.25) is 5.91 Å². The number of carbonyl (C=O) groups is 1. The molecule has 1 aliphatic carbocycles. The molecule has 120 valence electrons. The summed E-state index contributed by atoms with van der Waals surface area (Å²) in [4.78, 5) is 11.7. The third kappa shape index (κ3) is 3.04. The quantitative estimate of drug-likeness (QED) is 0.904. The first-order chi connectivity index (χ1) is 10.7. The molecule has 1 aromatic carbocycles. The van der Waals surface area contributed by atoms with E-state index in [1.165, 1.54) is 25.5 Å². The Morgan fingerprint density at radius 3 is 2.68 bits per heavy atom. The van der Waals surface area contributed by atoms with Crippen LogP contribution in [0, 0.1) is 0 Å². The lowest BCUT2D eigenvalue weighted by Crippen LogP contribution is -2.40. The summed E-state index contributed by atoms with van der Waals surface area (Å²) in [7, 11) is 1.53. The molecule has 1 amide bonds. The van der Waals surface area contributed by atoms with Crippen LogP contribution in [-0.2, 0) is 14.9 Å². The molecular formula is C17H23NO4. The lowest BCUT2D eigenvalue weighted by Gasteiger charge is -2.31. The molecule has 0 bridgehead atoms. The summed E-state index contributed by atoms with van der Waals surface area (Å²) in [5.41, 5.74) is 1.23. The molecule has 1 fully saturated rings. The maximum Gasteiger partial charge on any atom is 0.246 e. The molecule has 0 atom stereocenters. The van der Waals surface area contributed by atoms with Crippen LogP contribution in [0.25, 0.3) is 0 Å². The maximum absolute atomic E-state index is 11.7. The van der Waals surface area contributed by atoms with Crippen molar-refractivity contribution in [1.29, 1.82) is 0 Å². The van der Waals surface area contributed by atoms with Gasteiger partial charge in [-0.25, -0.2) is 0 Å². The minimum absolute atomic E-state index is 0.000755. The van der Waals surface area contributed by atoms with E-state index in [9.17, 15) is 4.79 Å². The molecule has 2 aliphatic rings. The Kier molecular flexibility index (Phi) is 4.52. The summed E-state index contributed by atoms with van der Waals surface area (Å²) >= 11 is 0. The van der Waals surface area contributed by atoms with Gasteiger partial charge < -0.3 is 19.5 Å². The van der Waals surface area contributed by atoms with Gasteiger partial charge in [-0.3, -0.25) is 4.79 Å². The zero-order valence-corrected chi connectivity index (χ0v) is 13.0. The van der Waals surface area contributed by atoms with E-state index < -0.39 is 0 Å². The average Bonchev–Trinajstić information content (AvgIpc) is 3.03. The molecule has 1 N–H and O–H groups in total. The highest BCUT2D eigenvalue weighted by molar-refractivity contribution is 5.77. The van der Waals surface area contributed by atoms with Gasteiger partial charge >= 0.3 is 0 Å². The molecule has 0 saturated heterocycles. The molecule has 22 heavy (non-hydrogen) atoms. The van der Waals surface area contributed by atoms with Crippen LogP contribution in [0.3, 0.4) is 0 Å². The highest BCUT2D eigenvalue weighted by Gasteiger charge is 2.36. The summed E-state index contributed by atoms with van der Waals surface area (Å²) in [5.74, 6) is 1.57. The van der Waals surface area contributed by atoms with E-state index in [1.54, 1.807) is 0 Å². The number of carbonyl (C=O) groups excluding carboxylic acids is 1. The number of nitrogens with one attached hydrogen (secondary N) is 1. The maximum atomic E-state index is 11.7. The Morgan fingerprint density at radius 1 is 1.23 bits per heavy atom. The number of hydrogen-bond acceptors (Lipinski definition) is 4. The van der Waals surface area contributed by atoms with E-state index >= 15 is 0 Å². The predicted molar refractivity (Wildman–Crippen MR) is 82.5 cm³/mol. The number of amides is 1. The SMILES string of the molecule is COCC(=O)NCC1(c2ccc3c(c2)OCCO3)CCCC1. The largest absolute Gasteiger partial charge is 0.486 e. The standard InChI is InChI=1S/C17H23NO4/c1-20-11-16(19)18-12-17(6-2-3-7-17)13-4-5-14-15(10-13)22-9-8-21-14/h4-5,10H,2-3,6-9,11-12H2,1H3,(H,18,19). The zero-order chi connectivity index (χ0) is 15.4. The first-order valence-electron chi connectivity index (χ1n) is 7.89. The lowest BCUT2D eigenvalue weighted by atomic mass is 9.78. The van der Waals surface area contributed by atoms with Crippen LogP contribution in [0.5, 0.6) is 11.5 Å². The molecule has 1 heterocycles. The number of rotatable bonds is 5. The Balaban J connectivity index is 1.79. The van der Waals surface area contributed by atoms with E-state index in [0.29, 0.717) is 19.8 Å². The second-order valence-electron chi connectivity index (χ2n) is 6.06. The first kappa shape index (κ1) is 15.2. The molecule has 1 aromatic rings. The Hall–Kier alpha value is -1.75. The van der Waals surface area contributed by atoms with Gasteiger partial charge in [0.25, 0.3) is 0 Å². The van der Waals surface area contributed by atoms with Gasteiger partial charge in [-0.05, 0) is 30.5 Å².